The molecule has 3 aromatic rings. The lowest BCUT2D eigenvalue weighted by atomic mass is 9.75. The normalized spacial score (nSPS) is 14.5. The molecule has 33 heavy (non-hydrogen) atoms. The molecule has 2 aromatic carbocycles. The van der Waals surface area contributed by atoms with Gasteiger partial charge in [0.15, 0.2) is 0 Å². The van der Waals surface area contributed by atoms with Crippen molar-refractivity contribution in [1.29, 1.82) is 0 Å². The molecular formula is C27H31FN4O. The Morgan fingerprint density at radius 3 is 2.67 bits per heavy atom. The van der Waals surface area contributed by atoms with Crippen LogP contribution in [0.2, 0.25) is 0 Å². The van der Waals surface area contributed by atoms with Crippen molar-refractivity contribution >= 4 is 12.4 Å². The summed E-state index contributed by atoms with van der Waals surface area (Å²) in [6, 6.07) is 9.48. The first-order valence-electron chi connectivity index (χ1n) is 11.4. The molecule has 0 saturated carbocycles. The molecule has 6 heteroatoms. The second kappa shape index (κ2) is 8.85. The van der Waals surface area contributed by atoms with Gasteiger partial charge >= 0.3 is 0 Å². The molecule has 1 aliphatic rings. The Kier molecular flexibility index (Phi) is 6.11. The number of ether oxygens (including phenoxy) is 1. The molecule has 0 unspecified atom stereocenters. The van der Waals surface area contributed by atoms with E-state index in [4.69, 9.17) is 4.74 Å². The summed E-state index contributed by atoms with van der Waals surface area (Å²) in [6.07, 6.45) is 4.31. The van der Waals surface area contributed by atoms with Crippen molar-refractivity contribution in [2.75, 3.05) is 6.54 Å². The highest BCUT2D eigenvalue weighted by Crippen LogP contribution is 2.49. The summed E-state index contributed by atoms with van der Waals surface area (Å²) in [5.41, 5.74) is 4.35. The van der Waals surface area contributed by atoms with Crippen molar-refractivity contribution in [3.05, 3.63) is 71.1 Å². The second-order valence-corrected chi connectivity index (χ2v) is 9.26. The maximum absolute atomic E-state index is 15.2. The van der Waals surface area contributed by atoms with Crippen molar-refractivity contribution in [1.82, 2.24) is 15.3 Å². The number of halogens is 1. The van der Waals surface area contributed by atoms with Gasteiger partial charge in [-0.1, -0.05) is 46.8 Å². The summed E-state index contributed by atoms with van der Waals surface area (Å²) >= 11 is 0. The van der Waals surface area contributed by atoms with Gasteiger partial charge in [-0.3, -0.25) is 4.99 Å². The van der Waals surface area contributed by atoms with Crippen molar-refractivity contribution < 1.29 is 9.13 Å². The van der Waals surface area contributed by atoms with Crippen LogP contribution in [0.4, 0.5) is 4.39 Å². The summed E-state index contributed by atoms with van der Waals surface area (Å²) in [5, 5.41) is 3.24. The van der Waals surface area contributed by atoms with E-state index in [0.29, 0.717) is 29.5 Å². The van der Waals surface area contributed by atoms with Crippen LogP contribution in [0, 0.1) is 5.82 Å². The Morgan fingerprint density at radius 1 is 1.24 bits per heavy atom. The van der Waals surface area contributed by atoms with E-state index in [2.05, 4.69) is 73.7 Å². The SMILES string of the molecule is C=N/C=C(\NCCC)c1cc2c(cc1F)C(C)(C)c1ccc(-c3cnc(C(C)C)[nH]3)cc1O2. The van der Waals surface area contributed by atoms with E-state index in [9.17, 15) is 0 Å². The van der Waals surface area contributed by atoms with Gasteiger partial charge in [-0.05, 0) is 31.3 Å². The summed E-state index contributed by atoms with van der Waals surface area (Å²) in [6.45, 7) is 14.7. The van der Waals surface area contributed by atoms with Crippen molar-refractivity contribution in [3.8, 4) is 22.8 Å². The van der Waals surface area contributed by atoms with Gasteiger partial charge in [0.05, 0.1) is 17.6 Å². The molecule has 0 spiro atoms. The number of H-pyrrole nitrogens is 1. The molecule has 0 fully saturated rings. The molecule has 0 aliphatic carbocycles. The van der Waals surface area contributed by atoms with Crippen LogP contribution in [0.15, 0.2) is 47.7 Å². The molecule has 0 atom stereocenters. The van der Waals surface area contributed by atoms with Crippen LogP contribution in [0.25, 0.3) is 17.0 Å². The zero-order valence-corrected chi connectivity index (χ0v) is 19.9. The number of aromatic nitrogens is 2. The number of aliphatic imine (C=N–C) groups is 1. The average molecular weight is 447 g/mol. The lowest BCUT2D eigenvalue weighted by molar-refractivity contribution is 0.415. The molecule has 4 rings (SSSR count). The quantitative estimate of drug-likeness (QED) is 0.394. The third-order valence-electron chi connectivity index (χ3n) is 6.15. The number of nitrogens with zero attached hydrogens (tertiary/aromatic N) is 2. The Balaban J connectivity index is 1.77. The summed E-state index contributed by atoms with van der Waals surface area (Å²) in [4.78, 5) is 11.7. The van der Waals surface area contributed by atoms with Gasteiger partial charge in [-0.15, -0.1) is 0 Å². The lowest BCUT2D eigenvalue weighted by Gasteiger charge is -2.35. The molecule has 1 aliphatic heterocycles. The van der Waals surface area contributed by atoms with Gasteiger partial charge in [0.2, 0.25) is 0 Å². The zero-order chi connectivity index (χ0) is 23.8. The molecular weight excluding hydrogens is 415 g/mol. The van der Waals surface area contributed by atoms with Gasteiger partial charge in [0.1, 0.15) is 23.1 Å². The fourth-order valence-electron chi connectivity index (χ4n) is 4.22. The fraction of sp³-hybridized carbons (Fsp3) is 0.333. The zero-order valence-electron chi connectivity index (χ0n) is 19.9. The highest BCUT2D eigenvalue weighted by molar-refractivity contribution is 5.71. The first-order valence-corrected chi connectivity index (χ1v) is 11.4. The molecule has 5 nitrogen and oxygen atoms in total. The Morgan fingerprint density at radius 2 is 2.00 bits per heavy atom. The van der Waals surface area contributed by atoms with Crippen LogP contribution in [-0.4, -0.2) is 23.2 Å². The van der Waals surface area contributed by atoms with E-state index in [1.54, 1.807) is 18.3 Å². The molecule has 0 amide bonds. The third-order valence-corrected chi connectivity index (χ3v) is 6.15. The first-order chi connectivity index (χ1) is 15.8. The third kappa shape index (κ3) is 4.17. The maximum atomic E-state index is 15.2. The minimum atomic E-state index is -0.421. The standard InChI is InChI=1S/C27H31FN4O/c1-7-10-30-23(14-29-6)18-12-25-20(13-21(18)28)27(4,5)19-9-8-17(11-24(19)33-25)22-15-31-26(32-22)16(2)3/h8-9,11-16,30H,6-7,10H2,1-5H3,(H,31,32)/b23-14-. The van der Waals surface area contributed by atoms with Crippen molar-refractivity contribution in [2.45, 2.75) is 52.4 Å². The predicted octanol–water partition coefficient (Wildman–Crippen LogP) is 6.77. The Labute approximate surface area is 194 Å². The summed E-state index contributed by atoms with van der Waals surface area (Å²) < 4.78 is 21.6. The molecule has 1 aromatic heterocycles. The van der Waals surface area contributed by atoms with Crippen LogP contribution in [-0.2, 0) is 5.41 Å². The summed E-state index contributed by atoms with van der Waals surface area (Å²) in [5.74, 6) is 2.35. The molecule has 2 N–H and O–H groups in total. The van der Waals surface area contributed by atoms with Crippen LogP contribution >= 0.6 is 0 Å². The number of imidazole rings is 1. The topological polar surface area (TPSA) is 62.3 Å². The van der Waals surface area contributed by atoms with Crippen molar-refractivity contribution in [3.63, 3.8) is 0 Å². The molecule has 0 radical (unpaired) electrons. The monoisotopic (exact) mass is 446 g/mol. The minimum absolute atomic E-state index is 0.317. The van der Waals surface area contributed by atoms with Gasteiger partial charge in [-0.25, -0.2) is 9.37 Å². The number of hydrogen-bond acceptors (Lipinski definition) is 4. The first kappa shape index (κ1) is 22.8. The lowest BCUT2D eigenvalue weighted by Crippen LogP contribution is -2.25. The highest BCUT2D eigenvalue weighted by atomic mass is 19.1. The molecule has 2 heterocycles. The minimum Gasteiger partial charge on any atom is -0.457 e. The van der Waals surface area contributed by atoms with E-state index in [-0.39, 0.29) is 5.82 Å². The van der Waals surface area contributed by atoms with E-state index >= 15 is 4.39 Å². The molecule has 172 valence electrons. The van der Waals surface area contributed by atoms with E-state index < -0.39 is 5.41 Å². The van der Waals surface area contributed by atoms with E-state index in [0.717, 1.165) is 40.4 Å². The Bertz CT molecular complexity index is 1220. The van der Waals surface area contributed by atoms with Crippen LogP contribution in [0.1, 0.15) is 69.5 Å². The number of nitrogens with one attached hydrogen (secondary N) is 2. The number of fused-ring (bicyclic) bond motifs is 2. The van der Waals surface area contributed by atoms with E-state index in [1.165, 1.54) is 0 Å². The molecule has 0 saturated heterocycles. The number of benzene rings is 2. The number of rotatable bonds is 7. The fourth-order valence-corrected chi connectivity index (χ4v) is 4.22. The molecule has 0 bridgehead atoms. The van der Waals surface area contributed by atoms with Crippen molar-refractivity contribution in [2.24, 2.45) is 4.99 Å². The Hall–Kier alpha value is -3.41. The van der Waals surface area contributed by atoms with Crippen LogP contribution < -0.4 is 10.1 Å². The largest absolute Gasteiger partial charge is 0.457 e. The summed E-state index contributed by atoms with van der Waals surface area (Å²) in [7, 11) is 0. The van der Waals surface area contributed by atoms with Gasteiger partial charge in [0.25, 0.3) is 0 Å². The van der Waals surface area contributed by atoms with Crippen LogP contribution in [0.3, 0.4) is 0 Å². The van der Waals surface area contributed by atoms with Gasteiger partial charge in [-0.2, -0.15) is 0 Å². The number of aromatic amines is 1. The number of hydrogen-bond donors (Lipinski definition) is 2. The predicted molar refractivity (Wildman–Crippen MR) is 133 cm³/mol. The van der Waals surface area contributed by atoms with Crippen LogP contribution in [0.5, 0.6) is 11.5 Å². The van der Waals surface area contributed by atoms with Gasteiger partial charge in [0, 0.05) is 46.3 Å². The van der Waals surface area contributed by atoms with Gasteiger partial charge < -0.3 is 15.0 Å². The second-order valence-electron chi connectivity index (χ2n) is 9.26. The average Bonchev–Trinajstić information content (AvgIpc) is 3.28. The van der Waals surface area contributed by atoms with E-state index in [1.807, 2.05) is 12.3 Å². The highest BCUT2D eigenvalue weighted by Gasteiger charge is 2.35. The maximum Gasteiger partial charge on any atom is 0.133 e. The smallest absolute Gasteiger partial charge is 0.133 e.